The normalized spacial score (nSPS) is 10.5. The molecule has 2 aromatic heterocycles. The quantitative estimate of drug-likeness (QED) is 0.787. The highest BCUT2D eigenvalue weighted by Gasteiger charge is 2.11. The lowest BCUT2D eigenvalue weighted by molar-refractivity contribution is 0.0946. The fraction of sp³-hybridized carbons (Fsp3) is 0.133. The average molecular weight is 315 g/mol. The molecule has 3 aromatic rings. The van der Waals surface area contributed by atoms with E-state index in [1.807, 2.05) is 23.6 Å². The van der Waals surface area contributed by atoms with E-state index in [2.05, 4.69) is 27.4 Å². The van der Waals surface area contributed by atoms with Crippen LogP contribution in [0.5, 0.6) is 0 Å². The molecule has 106 valence electrons. The zero-order chi connectivity index (χ0) is 14.5. The number of nitrogens with zero attached hydrogens (tertiary/aromatic N) is 2. The number of nitrogens with one attached hydrogen (secondary N) is 1. The van der Waals surface area contributed by atoms with Gasteiger partial charge in [-0.1, -0.05) is 30.3 Å². The van der Waals surface area contributed by atoms with Crippen molar-refractivity contribution in [2.24, 2.45) is 0 Å². The lowest BCUT2D eigenvalue weighted by Gasteiger charge is -1.99. The monoisotopic (exact) mass is 315 g/mol. The second kappa shape index (κ2) is 6.60. The molecule has 0 aliphatic heterocycles. The number of thiazole rings is 2. The molecule has 1 amide bonds. The summed E-state index contributed by atoms with van der Waals surface area (Å²) in [4.78, 5) is 20.5. The van der Waals surface area contributed by atoms with Crippen LogP contribution in [0.15, 0.2) is 47.3 Å². The number of carbonyl (C=O) groups is 1. The van der Waals surface area contributed by atoms with Crippen LogP contribution in [0.4, 0.5) is 0 Å². The van der Waals surface area contributed by atoms with Gasteiger partial charge >= 0.3 is 0 Å². The van der Waals surface area contributed by atoms with E-state index in [4.69, 9.17) is 0 Å². The summed E-state index contributed by atoms with van der Waals surface area (Å²) in [6, 6.07) is 10.1. The molecule has 0 spiro atoms. The van der Waals surface area contributed by atoms with Gasteiger partial charge in [0, 0.05) is 23.4 Å². The number of carbonyl (C=O) groups excluding carboxylic acids is 1. The molecule has 4 nitrogen and oxygen atoms in total. The number of rotatable bonds is 5. The molecule has 0 saturated heterocycles. The predicted octanol–water partition coefficient (Wildman–Crippen LogP) is 3.12. The van der Waals surface area contributed by atoms with Crippen molar-refractivity contribution in [2.75, 3.05) is 0 Å². The zero-order valence-corrected chi connectivity index (χ0v) is 12.8. The maximum atomic E-state index is 12.0. The highest BCUT2D eigenvalue weighted by Crippen LogP contribution is 2.15. The van der Waals surface area contributed by atoms with Crippen LogP contribution < -0.4 is 5.32 Å². The smallest absolute Gasteiger partial charge is 0.271 e. The number of benzene rings is 1. The van der Waals surface area contributed by atoms with Crippen molar-refractivity contribution >= 4 is 28.6 Å². The van der Waals surface area contributed by atoms with Crippen LogP contribution >= 0.6 is 22.7 Å². The van der Waals surface area contributed by atoms with E-state index in [9.17, 15) is 4.79 Å². The Labute approximate surface area is 130 Å². The first-order chi connectivity index (χ1) is 10.3. The fourth-order valence-electron chi connectivity index (χ4n) is 1.85. The van der Waals surface area contributed by atoms with E-state index in [1.165, 1.54) is 28.2 Å². The number of hydrogen-bond donors (Lipinski definition) is 1. The molecule has 0 saturated carbocycles. The maximum Gasteiger partial charge on any atom is 0.271 e. The Morgan fingerprint density at radius 1 is 1.14 bits per heavy atom. The molecule has 1 N–H and O–H groups in total. The van der Waals surface area contributed by atoms with E-state index in [0.29, 0.717) is 12.2 Å². The van der Waals surface area contributed by atoms with Crippen molar-refractivity contribution in [2.45, 2.75) is 13.0 Å². The fourth-order valence-corrected chi connectivity index (χ4v) is 3.22. The lowest BCUT2D eigenvalue weighted by atomic mass is 10.2. The van der Waals surface area contributed by atoms with Crippen LogP contribution in [0, 0.1) is 0 Å². The Morgan fingerprint density at radius 2 is 2.00 bits per heavy atom. The number of amides is 1. The van der Waals surface area contributed by atoms with Gasteiger partial charge in [-0.2, -0.15) is 0 Å². The van der Waals surface area contributed by atoms with Gasteiger partial charge in [0.2, 0.25) is 0 Å². The molecule has 0 radical (unpaired) electrons. The number of hydrogen-bond acceptors (Lipinski definition) is 5. The summed E-state index contributed by atoms with van der Waals surface area (Å²) in [6.07, 6.45) is 2.48. The van der Waals surface area contributed by atoms with Crippen molar-refractivity contribution in [1.29, 1.82) is 0 Å². The van der Waals surface area contributed by atoms with E-state index >= 15 is 0 Å². The maximum absolute atomic E-state index is 12.0. The highest BCUT2D eigenvalue weighted by atomic mass is 32.1. The van der Waals surface area contributed by atoms with Crippen molar-refractivity contribution in [3.8, 4) is 0 Å². The first-order valence-corrected chi connectivity index (χ1v) is 8.22. The third-order valence-corrected chi connectivity index (χ3v) is 4.49. The molecule has 0 atom stereocenters. The molecule has 2 heterocycles. The number of aromatic nitrogens is 2. The first-order valence-electron chi connectivity index (χ1n) is 6.46. The van der Waals surface area contributed by atoms with Gasteiger partial charge in [-0.25, -0.2) is 9.97 Å². The SMILES string of the molecule is O=C(NCc1nccs1)c1csc(Cc2ccccc2)n1. The average Bonchev–Trinajstić information content (AvgIpc) is 3.17. The van der Waals surface area contributed by atoms with Crippen LogP contribution in [0.3, 0.4) is 0 Å². The van der Waals surface area contributed by atoms with E-state index in [1.54, 1.807) is 11.6 Å². The minimum atomic E-state index is -0.152. The Balaban J connectivity index is 1.60. The van der Waals surface area contributed by atoms with E-state index < -0.39 is 0 Å². The summed E-state index contributed by atoms with van der Waals surface area (Å²) in [5.74, 6) is -0.152. The van der Waals surface area contributed by atoms with Crippen molar-refractivity contribution in [1.82, 2.24) is 15.3 Å². The van der Waals surface area contributed by atoms with Gasteiger partial charge in [0.1, 0.15) is 10.7 Å². The molecular weight excluding hydrogens is 302 g/mol. The molecule has 21 heavy (non-hydrogen) atoms. The molecule has 0 aliphatic rings. The van der Waals surface area contributed by atoms with E-state index in [-0.39, 0.29) is 5.91 Å². The lowest BCUT2D eigenvalue weighted by Crippen LogP contribution is -2.23. The highest BCUT2D eigenvalue weighted by molar-refractivity contribution is 7.10. The standard InChI is InChI=1S/C15H13N3OS2/c19-15(17-9-14-16-6-7-20-14)12-10-21-13(18-12)8-11-4-2-1-3-5-11/h1-7,10H,8-9H2,(H,17,19). The Morgan fingerprint density at radius 3 is 2.76 bits per heavy atom. The van der Waals surface area contributed by atoms with Gasteiger partial charge in [0.15, 0.2) is 0 Å². The molecular formula is C15H13N3OS2. The van der Waals surface area contributed by atoms with Crippen LogP contribution in [0.2, 0.25) is 0 Å². The van der Waals surface area contributed by atoms with Gasteiger partial charge < -0.3 is 5.32 Å². The van der Waals surface area contributed by atoms with Gasteiger partial charge in [-0.05, 0) is 5.56 Å². The summed E-state index contributed by atoms with van der Waals surface area (Å²) < 4.78 is 0. The molecule has 6 heteroatoms. The minimum Gasteiger partial charge on any atom is -0.344 e. The molecule has 0 aliphatic carbocycles. The minimum absolute atomic E-state index is 0.152. The van der Waals surface area contributed by atoms with Crippen molar-refractivity contribution in [3.63, 3.8) is 0 Å². The molecule has 0 fully saturated rings. The third kappa shape index (κ3) is 3.74. The van der Waals surface area contributed by atoms with Gasteiger partial charge in [-0.15, -0.1) is 22.7 Å². The van der Waals surface area contributed by atoms with Crippen molar-refractivity contribution < 1.29 is 4.79 Å². The van der Waals surface area contributed by atoms with Crippen molar-refractivity contribution in [3.05, 3.63) is 68.6 Å². The largest absolute Gasteiger partial charge is 0.344 e. The summed E-state index contributed by atoms with van der Waals surface area (Å²) in [5.41, 5.74) is 1.67. The van der Waals surface area contributed by atoms with Crippen LogP contribution in [0.25, 0.3) is 0 Å². The summed E-state index contributed by atoms with van der Waals surface area (Å²) in [6.45, 7) is 0.446. The van der Waals surface area contributed by atoms with Gasteiger partial charge in [-0.3, -0.25) is 4.79 Å². The van der Waals surface area contributed by atoms with Crippen LogP contribution in [-0.4, -0.2) is 15.9 Å². The van der Waals surface area contributed by atoms with Gasteiger partial charge in [0.05, 0.1) is 11.6 Å². The predicted molar refractivity (Wildman–Crippen MR) is 84.6 cm³/mol. The second-order valence-electron chi connectivity index (χ2n) is 4.40. The zero-order valence-electron chi connectivity index (χ0n) is 11.2. The Kier molecular flexibility index (Phi) is 4.37. The summed E-state index contributed by atoms with van der Waals surface area (Å²) in [5, 5.41) is 8.36. The molecule has 0 bridgehead atoms. The summed E-state index contributed by atoms with van der Waals surface area (Å²) in [7, 11) is 0. The molecule has 3 rings (SSSR count). The molecule has 1 aromatic carbocycles. The summed E-state index contributed by atoms with van der Waals surface area (Å²) >= 11 is 3.03. The Bertz CT molecular complexity index is 708. The van der Waals surface area contributed by atoms with E-state index in [0.717, 1.165) is 16.4 Å². The van der Waals surface area contributed by atoms with Crippen LogP contribution in [-0.2, 0) is 13.0 Å². The second-order valence-corrected chi connectivity index (χ2v) is 6.32. The third-order valence-electron chi connectivity index (χ3n) is 2.87. The first kappa shape index (κ1) is 13.9. The Hall–Kier alpha value is -2.05. The van der Waals surface area contributed by atoms with Gasteiger partial charge in [0.25, 0.3) is 5.91 Å². The van der Waals surface area contributed by atoms with Crippen LogP contribution in [0.1, 0.15) is 26.1 Å². The topological polar surface area (TPSA) is 54.9 Å². The molecule has 0 unspecified atom stereocenters.